The van der Waals surface area contributed by atoms with Gasteiger partial charge in [0.05, 0.1) is 0 Å². The van der Waals surface area contributed by atoms with Crippen molar-refractivity contribution in [1.29, 1.82) is 0 Å². The minimum atomic E-state index is 0.674. The molecule has 0 saturated heterocycles. The fraction of sp³-hybridized carbons (Fsp3) is 1.00. The Morgan fingerprint density at radius 2 is 1.63 bits per heavy atom. The fourth-order valence-corrected chi connectivity index (χ4v) is 4.02. The first-order valence-electron chi connectivity index (χ1n) is 8.64. The summed E-state index contributed by atoms with van der Waals surface area (Å²) in [5.74, 6) is 0.885. The minimum absolute atomic E-state index is 0.674. The zero-order valence-corrected chi connectivity index (χ0v) is 13.3. The van der Waals surface area contributed by atoms with E-state index in [0.29, 0.717) is 6.04 Å². The lowest BCUT2D eigenvalue weighted by Crippen LogP contribution is -2.49. The van der Waals surface area contributed by atoms with E-state index in [0.717, 1.165) is 18.0 Å². The molecule has 2 fully saturated rings. The van der Waals surface area contributed by atoms with Crippen LogP contribution >= 0.6 is 0 Å². The fourth-order valence-electron chi connectivity index (χ4n) is 4.02. The largest absolute Gasteiger partial charge is 0.312 e. The Hall–Kier alpha value is -0.0800. The van der Waals surface area contributed by atoms with Crippen LogP contribution in [0, 0.1) is 5.92 Å². The molecule has 19 heavy (non-hydrogen) atoms. The monoisotopic (exact) mass is 266 g/mol. The lowest BCUT2D eigenvalue weighted by Gasteiger charge is -2.40. The number of rotatable bonds is 5. The van der Waals surface area contributed by atoms with Crippen molar-refractivity contribution in [3.8, 4) is 0 Å². The molecule has 0 heterocycles. The molecular formula is C17H34N2. The molecule has 1 N–H and O–H groups in total. The van der Waals surface area contributed by atoms with Crippen LogP contribution in [0.5, 0.6) is 0 Å². The Balaban J connectivity index is 1.73. The SMILES string of the molecule is CC1CCCCC1N(C)C(C)CNC1CCCCC1. The highest BCUT2D eigenvalue weighted by Crippen LogP contribution is 2.28. The van der Waals surface area contributed by atoms with Crippen LogP contribution in [0.25, 0.3) is 0 Å². The van der Waals surface area contributed by atoms with Crippen molar-refractivity contribution >= 4 is 0 Å². The Morgan fingerprint density at radius 1 is 1.00 bits per heavy atom. The second-order valence-corrected chi connectivity index (χ2v) is 7.09. The third-order valence-electron chi connectivity index (χ3n) is 5.59. The van der Waals surface area contributed by atoms with Crippen molar-refractivity contribution < 1.29 is 0 Å². The topological polar surface area (TPSA) is 15.3 Å². The molecule has 0 amide bonds. The van der Waals surface area contributed by atoms with Gasteiger partial charge in [0.2, 0.25) is 0 Å². The third kappa shape index (κ3) is 4.46. The van der Waals surface area contributed by atoms with Gasteiger partial charge in [0.15, 0.2) is 0 Å². The molecule has 0 aromatic heterocycles. The van der Waals surface area contributed by atoms with E-state index in [1.54, 1.807) is 0 Å². The first-order chi connectivity index (χ1) is 9.18. The highest BCUT2D eigenvalue weighted by atomic mass is 15.2. The molecule has 2 saturated carbocycles. The number of hydrogen-bond donors (Lipinski definition) is 1. The lowest BCUT2D eigenvalue weighted by atomic mass is 9.84. The summed E-state index contributed by atoms with van der Waals surface area (Å²) in [5.41, 5.74) is 0. The van der Waals surface area contributed by atoms with Gasteiger partial charge in [-0.2, -0.15) is 0 Å². The van der Waals surface area contributed by atoms with Crippen LogP contribution in [0.15, 0.2) is 0 Å². The van der Waals surface area contributed by atoms with Crippen LogP contribution in [-0.4, -0.2) is 36.6 Å². The number of nitrogens with one attached hydrogen (secondary N) is 1. The zero-order valence-electron chi connectivity index (χ0n) is 13.3. The number of hydrogen-bond acceptors (Lipinski definition) is 2. The van der Waals surface area contributed by atoms with E-state index in [1.807, 2.05) is 0 Å². The van der Waals surface area contributed by atoms with Gasteiger partial charge in [-0.1, -0.05) is 39.0 Å². The van der Waals surface area contributed by atoms with Gasteiger partial charge in [-0.15, -0.1) is 0 Å². The molecule has 2 nitrogen and oxygen atoms in total. The smallest absolute Gasteiger partial charge is 0.0192 e. The molecule has 2 aliphatic rings. The molecule has 0 aliphatic heterocycles. The molecule has 3 atom stereocenters. The van der Waals surface area contributed by atoms with Crippen LogP contribution in [0.1, 0.15) is 71.6 Å². The minimum Gasteiger partial charge on any atom is -0.312 e. The first-order valence-corrected chi connectivity index (χ1v) is 8.64. The standard InChI is InChI=1S/C17H34N2/c1-14-9-7-8-12-17(14)19(3)15(2)13-18-16-10-5-4-6-11-16/h14-18H,4-13H2,1-3H3. The first kappa shape index (κ1) is 15.3. The van der Waals surface area contributed by atoms with Gasteiger partial charge in [-0.3, -0.25) is 4.90 Å². The molecule has 2 rings (SSSR count). The van der Waals surface area contributed by atoms with E-state index in [4.69, 9.17) is 0 Å². The molecule has 0 aromatic rings. The van der Waals surface area contributed by atoms with E-state index < -0.39 is 0 Å². The quantitative estimate of drug-likeness (QED) is 0.814. The molecule has 0 spiro atoms. The van der Waals surface area contributed by atoms with Gasteiger partial charge in [0.25, 0.3) is 0 Å². The summed E-state index contributed by atoms with van der Waals surface area (Å²) >= 11 is 0. The molecule has 2 heteroatoms. The summed E-state index contributed by atoms with van der Waals surface area (Å²) in [6.45, 7) is 6.02. The van der Waals surface area contributed by atoms with Crippen LogP contribution < -0.4 is 5.32 Å². The Bertz CT molecular complexity index is 248. The highest BCUT2D eigenvalue weighted by molar-refractivity contribution is 4.83. The maximum atomic E-state index is 3.81. The van der Waals surface area contributed by atoms with E-state index in [9.17, 15) is 0 Å². The van der Waals surface area contributed by atoms with Crippen molar-refractivity contribution in [3.05, 3.63) is 0 Å². The summed E-state index contributed by atoms with van der Waals surface area (Å²) in [6, 6.07) is 2.29. The van der Waals surface area contributed by atoms with E-state index in [-0.39, 0.29) is 0 Å². The van der Waals surface area contributed by atoms with Crippen molar-refractivity contribution in [1.82, 2.24) is 10.2 Å². The normalized spacial score (nSPS) is 31.6. The van der Waals surface area contributed by atoms with Gasteiger partial charge in [-0.05, 0) is 45.6 Å². The maximum Gasteiger partial charge on any atom is 0.0192 e. The Morgan fingerprint density at radius 3 is 2.32 bits per heavy atom. The second-order valence-electron chi connectivity index (χ2n) is 7.09. The summed E-state index contributed by atoms with van der Waals surface area (Å²) < 4.78 is 0. The van der Waals surface area contributed by atoms with Gasteiger partial charge < -0.3 is 5.32 Å². The van der Waals surface area contributed by atoms with Crippen molar-refractivity contribution in [2.24, 2.45) is 5.92 Å². The van der Waals surface area contributed by atoms with Crippen molar-refractivity contribution in [3.63, 3.8) is 0 Å². The Labute approximate surface area is 120 Å². The number of likely N-dealkylation sites (N-methyl/N-ethyl adjacent to an activating group) is 1. The average molecular weight is 266 g/mol. The summed E-state index contributed by atoms with van der Waals surface area (Å²) in [7, 11) is 2.35. The predicted molar refractivity (Wildman–Crippen MR) is 83.5 cm³/mol. The van der Waals surface area contributed by atoms with E-state index >= 15 is 0 Å². The van der Waals surface area contributed by atoms with Crippen LogP contribution in [0.2, 0.25) is 0 Å². The molecular weight excluding hydrogens is 232 g/mol. The van der Waals surface area contributed by atoms with Gasteiger partial charge in [-0.25, -0.2) is 0 Å². The maximum absolute atomic E-state index is 3.81. The second kappa shape index (κ2) is 7.64. The lowest BCUT2D eigenvalue weighted by molar-refractivity contribution is 0.100. The molecule has 3 unspecified atom stereocenters. The summed E-state index contributed by atoms with van der Waals surface area (Å²) in [5, 5.41) is 3.81. The summed E-state index contributed by atoms with van der Waals surface area (Å²) in [6.07, 6.45) is 12.8. The van der Waals surface area contributed by atoms with Gasteiger partial charge in [0.1, 0.15) is 0 Å². The number of nitrogens with zero attached hydrogens (tertiary/aromatic N) is 1. The van der Waals surface area contributed by atoms with Gasteiger partial charge >= 0.3 is 0 Å². The van der Waals surface area contributed by atoms with Crippen molar-refractivity contribution in [2.45, 2.75) is 89.8 Å². The summed E-state index contributed by atoms with van der Waals surface area (Å²) in [4.78, 5) is 2.65. The van der Waals surface area contributed by atoms with E-state index in [2.05, 4.69) is 31.1 Å². The molecule has 0 aromatic carbocycles. The molecule has 2 aliphatic carbocycles. The van der Waals surface area contributed by atoms with Gasteiger partial charge in [0, 0.05) is 24.7 Å². The highest BCUT2D eigenvalue weighted by Gasteiger charge is 2.27. The molecule has 0 radical (unpaired) electrons. The predicted octanol–water partition coefficient (Wildman–Crippen LogP) is 3.81. The Kier molecular flexibility index (Phi) is 6.15. The molecule has 0 bridgehead atoms. The zero-order chi connectivity index (χ0) is 13.7. The van der Waals surface area contributed by atoms with E-state index in [1.165, 1.54) is 64.3 Å². The van der Waals surface area contributed by atoms with Crippen LogP contribution in [-0.2, 0) is 0 Å². The van der Waals surface area contributed by atoms with Crippen LogP contribution in [0.4, 0.5) is 0 Å². The third-order valence-corrected chi connectivity index (χ3v) is 5.59. The molecule has 112 valence electrons. The van der Waals surface area contributed by atoms with Crippen LogP contribution in [0.3, 0.4) is 0 Å². The average Bonchev–Trinajstić information content (AvgIpc) is 2.45. The van der Waals surface area contributed by atoms with Crippen molar-refractivity contribution in [2.75, 3.05) is 13.6 Å².